The molecule has 1 aliphatic carbocycles. The Morgan fingerprint density at radius 2 is 1.41 bits per heavy atom. The summed E-state index contributed by atoms with van der Waals surface area (Å²) in [6.07, 6.45) is 0. The Labute approximate surface area is 185 Å². The minimum absolute atomic E-state index is 0.122. The van der Waals surface area contributed by atoms with Crippen LogP contribution in [0.4, 0.5) is 0 Å². The SMILES string of the molecule is O=C(c1n[nH]c(=O)c2ccccc12)N1CC[NH+](C2c3ccccc3-c3ccccc32)CC1. The largest absolute Gasteiger partial charge is 0.326 e. The highest BCUT2D eigenvalue weighted by Gasteiger charge is 2.38. The summed E-state index contributed by atoms with van der Waals surface area (Å²) in [5.74, 6) is -0.122. The fourth-order valence-corrected chi connectivity index (χ4v) is 5.31. The molecule has 1 aromatic heterocycles. The molecule has 2 aliphatic rings. The predicted molar refractivity (Wildman–Crippen MR) is 123 cm³/mol. The Hall–Kier alpha value is -3.77. The van der Waals surface area contributed by atoms with Crippen molar-refractivity contribution in [3.8, 4) is 11.1 Å². The van der Waals surface area contributed by atoms with Gasteiger partial charge in [0.1, 0.15) is 6.04 Å². The maximum atomic E-state index is 13.3. The van der Waals surface area contributed by atoms with E-state index in [1.807, 2.05) is 11.0 Å². The molecule has 1 aliphatic heterocycles. The molecule has 1 fully saturated rings. The summed E-state index contributed by atoms with van der Waals surface area (Å²) < 4.78 is 0. The number of aromatic amines is 1. The van der Waals surface area contributed by atoms with Crippen molar-refractivity contribution >= 4 is 16.7 Å². The average Bonchev–Trinajstić information content (AvgIpc) is 3.19. The average molecular weight is 423 g/mol. The van der Waals surface area contributed by atoms with Crippen molar-refractivity contribution in [3.05, 3.63) is 100.0 Å². The highest BCUT2D eigenvalue weighted by Crippen LogP contribution is 2.41. The number of quaternary nitrogens is 1. The van der Waals surface area contributed by atoms with E-state index in [0.717, 1.165) is 13.1 Å². The minimum atomic E-state index is -0.273. The zero-order valence-corrected chi connectivity index (χ0v) is 17.5. The Morgan fingerprint density at radius 1 is 0.844 bits per heavy atom. The van der Waals surface area contributed by atoms with Crippen LogP contribution in [-0.4, -0.2) is 47.2 Å². The molecule has 1 amide bonds. The fraction of sp³-hybridized carbons (Fsp3) is 0.192. The van der Waals surface area contributed by atoms with Crippen LogP contribution in [0.1, 0.15) is 27.7 Å². The molecule has 32 heavy (non-hydrogen) atoms. The number of piperazine rings is 1. The van der Waals surface area contributed by atoms with E-state index in [4.69, 9.17) is 0 Å². The zero-order valence-electron chi connectivity index (χ0n) is 17.5. The van der Waals surface area contributed by atoms with Gasteiger partial charge < -0.3 is 9.80 Å². The number of benzene rings is 3. The standard InChI is InChI=1S/C26H22N4O2/c31-25-22-12-6-3-9-19(22)23(27-28-25)26(32)30-15-13-29(14-16-30)24-20-10-4-1-7-17(20)18-8-2-5-11-21(18)24/h1-12,24H,13-16H2,(H,28,31)/p+1. The van der Waals surface area contributed by atoms with Gasteiger partial charge >= 0.3 is 0 Å². The highest BCUT2D eigenvalue weighted by atomic mass is 16.2. The first-order chi connectivity index (χ1) is 15.7. The summed E-state index contributed by atoms with van der Waals surface area (Å²) in [5.41, 5.74) is 5.43. The van der Waals surface area contributed by atoms with Gasteiger partial charge in [0, 0.05) is 16.5 Å². The number of nitrogens with zero attached hydrogens (tertiary/aromatic N) is 2. The molecule has 1 saturated heterocycles. The number of carbonyl (C=O) groups is 1. The van der Waals surface area contributed by atoms with Gasteiger partial charge in [0.15, 0.2) is 5.69 Å². The normalized spacial score (nSPS) is 16.2. The van der Waals surface area contributed by atoms with Crippen molar-refractivity contribution < 1.29 is 9.69 Å². The molecule has 0 atom stereocenters. The van der Waals surface area contributed by atoms with Crippen LogP contribution in [0, 0.1) is 0 Å². The van der Waals surface area contributed by atoms with Crippen LogP contribution in [0.5, 0.6) is 0 Å². The van der Waals surface area contributed by atoms with E-state index in [9.17, 15) is 9.59 Å². The summed E-state index contributed by atoms with van der Waals surface area (Å²) in [7, 11) is 0. The topological polar surface area (TPSA) is 70.5 Å². The van der Waals surface area contributed by atoms with Gasteiger partial charge in [-0.3, -0.25) is 9.59 Å². The second-order valence-corrected chi connectivity index (χ2v) is 8.50. The molecule has 6 heteroatoms. The number of H-pyrrole nitrogens is 1. The summed E-state index contributed by atoms with van der Waals surface area (Å²) in [6, 6.07) is 24.8. The lowest BCUT2D eigenvalue weighted by molar-refractivity contribution is -0.928. The van der Waals surface area contributed by atoms with Crippen LogP contribution >= 0.6 is 0 Å². The third-order valence-electron chi connectivity index (χ3n) is 6.83. The van der Waals surface area contributed by atoms with E-state index in [1.165, 1.54) is 27.2 Å². The Kier molecular flexibility index (Phi) is 4.40. The molecule has 0 saturated carbocycles. The lowest BCUT2D eigenvalue weighted by Gasteiger charge is -2.36. The van der Waals surface area contributed by atoms with E-state index in [2.05, 4.69) is 58.7 Å². The number of nitrogens with one attached hydrogen (secondary N) is 2. The van der Waals surface area contributed by atoms with Crippen LogP contribution < -0.4 is 10.5 Å². The lowest BCUT2D eigenvalue weighted by Crippen LogP contribution is -3.15. The molecule has 4 aromatic rings. The van der Waals surface area contributed by atoms with Gasteiger partial charge in [0.05, 0.1) is 31.6 Å². The second kappa shape index (κ2) is 7.43. The van der Waals surface area contributed by atoms with Crippen molar-refractivity contribution in [2.45, 2.75) is 6.04 Å². The van der Waals surface area contributed by atoms with E-state index in [1.54, 1.807) is 18.2 Å². The van der Waals surface area contributed by atoms with Gasteiger partial charge in [0.25, 0.3) is 11.5 Å². The molecule has 0 radical (unpaired) electrons. The minimum Gasteiger partial charge on any atom is -0.326 e. The Bertz CT molecular complexity index is 1360. The zero-order chi connectivity index (χ0) is 21.7. The third-order valence-corrected chi connectivity index (χ3v) is 6.83. The first kappa shape index (κ1) is 19.0. The Morgan fingerprint density at radius 3 is 2.06 bits per heavy atom. The van der Waals surface area contributed by atoms with Gasteiger partial charge in [-0.15, -0.1) is 0 Å². The van der Waals surface area contributed by atoms with Gasteiger partial charge in [-0.1, -0.05) is 66.7 Å². The molecule has 6 nitrogen and oxygen atoms in total. The van der Waals surface area contributed by atoms with E-state index < -0.39 is 0 Å². The van der Waals surface area contributed by atoms with E-state index >= 15 is 0 Å². The molecular formula is C26H23N4O2+. The molecule has 3 aromatic carbocycles. The molecule has 6 rings (SSSR count). The van der Waals surface area contributed by atoms with Gasteiger partial charge in [-0.05, 0) is 17.2 Å². The molecule has 158 valence electrons. The van der Waals surface area contributed by atoms with Crippen molar-refractivity contribution in [2.24, 2.45) is 0 Å². The molecule has 0 bridgehead atoms. The van der Waals surface area contributed by atoms with Gasteiger partial charge in [-0.25, -0.2) is 5.10 Å². The van der Waals surface area contributed by atoms with Crippen LogP contribution in [0.25, 0.3) is 21.9 Å². The molecule has 0 unspecified atom stereocenters. The van der Waals surface area contributed by atoms with Crippen molar-refractivity contribution in [1.29, 1.82) is 0 Å². The fourth-order valence-electron chi connectivity index (χ4n) is 5.31. The van der Waals surface area contributed by atoms with Crippen LogP contribution in [0.15, 0.2) is 77.6 Å². The Balaban J connectivity index is 1.26. The summed E-state index contributed by atoms with van der Waals surface area (Å²) in [5, 5.41) is 7.68. The maximum Gasteiger partial charge on any atom is 0.275 e. The van der Waals surface area contributed by atoms with Crippen LogP contribution in [0.3, 0.4) is 0 Å². The third kappa shape index (κ3) is 2.87. The molecule has 0 spiro atoms. The summed E-state index contributed by atoms with van der Waals surface area (Å²) in [6.45, 7) is 3.04. The number of fused-ring (bicyclic) bond motifs is 4. The smallest absolute Gasteiger partial charge is 0.275 e. The monoisotopic (exact) mass is 423 g/mol. The molecule has 2 heterocycles. The summed E-state index contributed by atoms with van der Waals surface area (Å²) in [4.78, 5) is 28.7. The first-order valence-corrected chi connectivity index (χ1v) is 11.0. The number of aromatic nitrogens is 2. The first-order valence-electron chi connectivity index (χ1n) is 11.0. The van der Waals surface area contributed by atoms with Crippen LogP contribution in [0.2, 0.25) is 0 Å². The van der Waals surface area contributed by atoms with Crippen molar-refractivity contribution in [3.63, 3.8) is 0 Å². The highest BCUT2D eigenvalue weighted by molar-refractivity contribution is 6.04. The quantitative estimate of drug-likeness (QED) is 0.518. The number of carbonyl (C=O) groups excluding carboxylic acids is 1. The number of rotatable bonds is 2. The number of hydrogen-bond donors (Lipinski definition) is 2. The number of amides is 1. The lowest BCUT2D eigenvalue weighted by atomic mass is 10.0. The van der Waals surface area contributed by atoms with Crippen molar-refractivity contribution in [1.82, 2.24) is 15.1 Å². The van der Waals surface area contributed by atoms with E-state index in [0.29, 0.717) is 35.6 Å². The molecule has 2 N–H and O–H groups in total. The van der Waals surface area contributed by atoms with Crippen molar-refractivity contribution in [2.75, 3.05) is 26.2 Å². The maximum absolute atomic E-state index is 13.3. The van der Waals surface area contributed by atoms with Crippen LogP contribution in [-0.2, 0) is 0 Å². The van der Waals surface area contributed by atoms with Gasteiger partial charge in [-0.2, -0.15) is 5.10 Å². The van der Waals surface area contributed by atoms with E-state index in [-0.39, 0.29) is 11.5 Å². The van der Waals surface area contributed by atoms with Gasteiger partial charge in [0.2, 0.25) is 0 Å². The summed E-state index contributed by atoms with van der Waals surface area (Å²) >= 11 is 0. The molecular weight excluding hydrogens is 400 g/mol. The predicted octanol–water partition coefficient (Wildman–Crippen LogP) is 2.03. The number of hydrogen-bond acceptors (Lipinski definition) is 3. The second-order valence-electron chi connectivity index (χ2n) is 8.50.